The lowest BCUT2D eigenvalue weighted by molar-refractivity contribution is -0.889. The fourth-order valence-corrected chi connectivity index (χ4v) is 5.19. The van der Waals surface area contributed by atoms with Crippen molar-refractivity contribution in [1.29, 1.82) is 0 Å². The first-order valence-corrected chi connectivity index (χ1v) is 18.5. The van der Waals surface area contributed by atoms with Crippen LogP contribution < -0.4 is 5.11 Å². The van der Waals surface area contributed by atoms with Gasteiger partial charge in [0.1, 0.15) is 12.6 Å². The number of unbranched alkanes of at least 4 members (excludes halogenated alkanes) is 13. The molecule has 0 heterocycles. The minimum atomic E-state index is -1.14. The molecular weight excluding hydrogens is 594 g/mol. The molecule has 0 radical (unpaired) electrons. The molecule has 0 aliphatic rings. The number of aliphatic carboxylic acids is 1. The molecule has 0 N–H and O–H groups in total. The van der Waals surface area contributed by atoms with Crippen LogP contribution in [0.4, 0.5) is 0 Å². The number of rotatable bonds is 32. The maximum absolute atomic E-state index is 12.5. The molecule has 2 atom stereocenters. The molecule has 47 heavy (non-hydrogen) atoms. The maximum Gasteiger partial charge on any atom is 0.310 e. The second-order valence-electron chi connectivity index (χ2n) is 13.5. The Morgan fingerprint density at radius 1 is 0.660 bits per heavy atom. The molecule has 0 saturated carbocycles. The second-order valence-corrected chi connectivity index (χ2v) is 13.5. The van der Waals surface area contributed by atoms with E-state index in [2.05, 4.69) is 32.1 Å². The Morgan fingerprint density at radius 2 is 1.17 bits per heavy atom. The van der Waals surface area contributed by atoms with Gasteiger partial charge in [0.05, 0.1) is 46.7 Å². The Kier molecular flexibility index (Phi) is 29.2. The average molecular weight is 664 g/mol. The average Bonchev–Trinajstić information content (AvgIpc) is 3.01. The number of carbonyl (C=O) groups is 3. The molecule has 0 aliphatic heterocycles. The number of likely N-dealkylation sites (N-methyl/N-ethyl adjacent to an activating group) is 1. The highest BCUT2D eigenvalue weighted by atomic mass is 16.6. The molecule has 0 fully saturated rings. The molecule has 0 aromatic heterocycles. The quantitative estimate of drug-likeness (QED) is 0.0313. The van der Waals surface area contributed by atoms with Gasteiger partial charge >= 0.3 is 11.9 Å². The van der Waals surface area contributed by atoms with Crippen molar-refractivity contribution in [3.05, 3.63) is 36.5 Å². The summed E-state index contributed by atoms with van der Waals surface area (Å²) in [4.78, 5) is 36.5. The highest BCUT2D eigenvalue weighted by Crippen LogP contribution is 2.14. The smallest absolute Gasteiger partial charge is 0.310 e. The topological polar surface area (TPSA) is 102 Å². The summed E-state index contributed by atoms with van der Waals surface area (Å²) in [5, 5.41) is 11.5. The van der Waals surface area contributed by atoms with Gasteiger partial charge in [0.2, 0.25) is 0 Å². The standard InChI is InChI=1S/C39H69NO7/c1-6-8-10-12-14-16-17-18-19-20-22-23-25-27-29-37(41)46-34-35(33-45-32-31-36(39(43)44)40(3,4)5)47-38(42)30-28-26-24-21-15-13-11-9-7-2/h9,11,15,21,26,28,35-36H,6-8,10,12-14,16-20,22-25,27,29-34H2,1-5H3/b11-9+,21-15+,28-26+. The largest absolute Gasteiger partial charge is 0.544 e. The van der Waals surface area contributed by atoms with Crippen molar-refractivity contribution in [3.63, 3.8) is 0 Å². The van der Waals surface area contributed by atoms with Gasteiger partial charge in [-0.15, -0.1) is 0 Å². The van der Waals surface area contributed by atoms with Crippen LogP contribution in [0, 0.1) is 0 Å². The van der Waals surface area contributed by atoms with E-state index in [4.69, 9.17) is 14.2 Å². The van der Waals surface area contributed by atoms with Gasteiger partial charge in [-0.2, -0.15) is 0 Å². The summed E-state index contributed by atoms with van der Waals surface area (Å²) in [5.41, 5.74) is 0. The Labute approximate surface area is 287 Å². The first-order chi connectivity index (χ1) is 22.6. The predicted octanol–water partition coefficient (Wildman–Crippen LogP) is 7.79. The van der Waals surface area contributed by atoms with Crippen LogP contribution in [0.1, 0.15) is 142 Å². The van der Waals surface area contributed by atoms with Crippen molar-refractivity contribution in [2.24, 2.45) is 0 Å². The van der Waals surface area contributed by atoms with E-state index in [0.29, 0.717) is 6.42 Å². The molecule has 0 aliphatic carbocycles. The zero-order chi connectivity index (χ0) is 35.0. The lowest BCUT2D eigenvalue weighted by Gasteiger charge is -2.34. The van der Waals surface area contributed by atoms with Gasteiger partial charge in [-0.3, -0.25) is 9.59 Å². The number of allylic oxidation sites excluding steroid dienone is 5. The van der Waals surface area contributed by atoms with Crippen LogP contribution in [0.3, 0.4) is 0 Å². The van der Waals surface area contributed by atoms with Crippen molar-refractivity contribution < 1.29 is 38.2 Å². The van der Waals surface area contributed by atoms with Crippen LogP contribution in [-0.2, 0) is 28.6 Å². The highest BCUT2D eigenvalue weighted by molar-refractivity contribution is 5.71. The van der Waals surface area contributed by atoms with Crippen molar-refractivity contribution >= 4 is 17.9 Å². The zero-order valence-electron chi connectivity index (χ0n) is 30.7. The summed E-state index contributed by atoms with van der Waals surface area (Å²) in [6, 6.07) is -0.735. The van der Waals surface area contributed by atoms with E-state index >= 15 is 0 Å². The molecule has 0 saturated heterocycles. The Balaban J connectivity index is 4.46. The molecule has 272 valence electrons. The van der Waals surface area contributed by atoms with Gasteiger partial charge in [0.15, 0.2) is 6.10 Å². The van der Waals surface area contributed by atoms with E-state index in [1.807, 2.05) is 12.2 Å². The van der Waals surface area contributed by atoms with Crippen molar-refractivity contribution in [3.8, 4) is 0 Å². The lowest BCUT2D eigenvalue weighted by Crippen LogP contribution is -2.55. The number of carbonyl (C=O) groups excluding carboxylic acids is 3. The molecule has 0 aromatic rings. The Morgan fingerprint density at radius 3 is 1.68 bits per heavy atom. The van der Waals surface area contributed by atoms with Gasteiger partial charge in [0.25, 0.3) is 0 Å². The van der Waals surface area contributed by atoms with Gasteiger partial charge in [-0.1, -0.05) is 134 Å². The summed E-state index contributed by atoms with van der Waals surface area (Å²) >= 11 is 0. The predicted molar refractivity (Wildman–Crippen MR) is 190 cm³/mol. The fourth-order valence-electron chi connectivity index (χ4n) is 5.19. The van der Waals surface area contributed by atoms with Gasteiger partial charge in [0, 0.05) is 12.8 Å². The highest BCUT2D eigenvalue weighted by Gasteiger charge is 2.25. The van der Waals surface area contributed by atoms with E-state index in [1.54, 1.807) is 27.2 Å². The number of esters is 2. The van der Waals surface area contributed by atoms with Crippen LogP contribution in [0.5, 0.6) is 0 Å². The minimum Gasteiger partial charge on any atom is -0.544 e. The van der Waals surface area contributed by atoms with Crippen molar-refractivity contribution in [2.45, 2.75) is 154 Å². The van der Waals surface area contributed by atoms with Gasteiger partial charge < -0.3 is 28.6 Å². The summed E-state index contributed by atoms with van der Waals surface area (Å²) < 4.78 is 16.9. The third-order valence-corrected chi connectivity index (χ3v) is 8.07. The molecule has 0 spiro atoms. The molecule has 8 nitrogen and oxygen atoms in total. The molecule has 0 aromatic carbocycles. The van der Waals surface area contributed by atoms with Crippen molar-refractivity contribution in [1.82, 2.24) is 0 Å². The lowest BCUT2D eigenvalue weighted by atomic mass is 10.0. The maximum atomic E-state index is 12.5. The van der Waals surface area contributed by atoms with Crippen LogP contribution in [0.15, 0.2) is 36.5 Å². The van der Waals surface area contributed by atoms with Crippen LogP contribution in [0.2, 0.25) is 0 Å². The van der Waals surface area contributed by atoms with E-state index in [1.165, 1.54) is 70.6 Å². The SMILES string of the molecule is CC/C=C/C/C=C/C/C=C/CC(=O)OC(COCCC(C(=O)[O-])[N+](C)(C)C)COC(=O)CCCCCCCCCCCCCCCC. The third-order valence-electron chi connectivity index (χ3n) is 8.07. The van der Waals surface area contributed by atoms with Crippen LogP contribution >= 0.6 is 0 Å². The van der Waals surface area contributed by atoms with Crippen LogP contribution in [0.25, 0.3) is 0 Å². The third kappa shape index (κ3) is 29.4. The molecular formula is C39H69NO7. The number of ether oxygens (including phenoxy) is 3. The Bertz CT molecular complexity index is 875. The molecule has 2 unspecified atom stereocenters. The number of carboxylic acids is 1. The van der Waals surface area contributed by atoms with Gasteiger partial charge in [-0.05, 0) is 25.7 Å². The monoisotopic (exact) mass is 664 g/mol. The molecule has 0 bridgehead atoms. The summed E-state index contributed by atoms with van der Waals surface area (Å²) in [6.45, 7) is 4.41. The Hall–Kier alpha value is -2.45. The number of hydrogen-bond acceptors (Lipinski definition) is 7. The van der Waals surface area contributed by atoms with E-state index in [0.717, 1.165) is 38.5 Å². The summed E-state index contributed by atoms with van der Waals surface area (Å²) in [5.74, 6) is -1.89. The molecule has 0 rings (SSSR count). The van der Waals surface area contributed by atoms with Crippen LogP contribution in [-0.4, -0.2) is 75.5 Å². The first-order valence-electron chi connectivity index (χ1n) is 18.5. The summed E-state index contributed by atoms with van der Waals surface area (Å²) in [6.07, 6.45) is 32.1. The minimum absolute atomic E-state index is 0.00647. The second kappa shape index (κ2) is 30.9. The first kappa shape index (κ1) is 44.5. The van der Waals surface area contributed by atoms with E-state index < -0.39 is 24.1 Å². The molecule has 8 heteroatoms. The van der Waals surface area contributed by atoms with Gasteiger partial charge in [-0.25, -0.2) is 0 Å². The molecule has 0 amide bonds. The fraction of sp³-hybridized carbons (Fsp3) is 0.769. The van der Waals surface area contributed by atoms with E-state index in [9.17, 15) is 19.5 Å². The number of carboxylic acid groups (broad SMARTS) is 1. The van der Waals surface area contributed by atoms with Crippen molar-refractivity contribution in [2.75, 3.05) is 41.0 Å². The number of nitrogens with zero attached hydrogens (tertiary/aromatic N) is 1. The van der Waals surface area contributed by atoms with E-state index in [-0.39, 0.29) is 43.1 Å². The normalized spacial score (nSPS) is 13.5. The number of hydrogen-bond donors (Lipinski definition) is 0. The zero-order valence-corrected chi connectivity index (χ0v) is 30.7. The summed E-state index contributed by atoms with van der Waals surface area (Å²) in [7, 11) is 5.36. The number of quaternary nitrogens is 1.